The van der Waals surface area contributed by atoms with Gasteiger partial charge in [0.2, 0.25) is 0 Å². The van der Waals surface area contributed by atoms with Gasteiger partial charge < -0.3 is 9.47 Å². The largest absolute Gasteiger partial charge is 0.490 e. The monoisotopic (exact) mass is 494 g/mol. The summed E-state index contributed by atoms with van der Waals surface area (Å²) in [6.07, 6.45) is 2.23. The van der Waals surface area contributed by atoms with Gasteiger partial charge in [-0.15, -0.1) is 0 Å². The summed E-state index contributed by atoms with van der Waals surface area (Å²) < 4.78 is 25.7. The van der Waals surface area contributed by atoms with Crippen LogP contribution in [-0.2, 0) is 16.0 Å². The molecule has 0 heterocycles. The maximum Gasteiger partial charge on any atom is 0.333 e. The molecule has 0 spiro atoms. The lowest BCUT2D eigenvalue weighted by molar-refractivity contribution is -0.139. The Hall–Kier alpha value is -4.18. The predicted molar refractivity (Wildman–Crippen MR) is 148 cm³/mol. The number of hydrogen-bond donors (Lipinski definition) is 0. The molecule has 0 fully saturated rings. The van der Waals surface area contributed by atoms with Crippen LogP contribution in [0.2, 0.25) is 0 Å². The zero-order chi connectivity index (χ0) is 26.2. The molecule has 0 aromatic heterocycles. The van der Waals surface area contributed by atoms with Gasteiger partial charge in [-0.1, -0.05) is 92.7 Å². The first kappa shape index (κ1) is 25.9. The van der Waals surface area contributed by atoms with Crippen LogP contribution in [0.5, 0.6) is 5.75 Å². The summed E-state index contributed by atoms with van der Waals surface area (Å²) in [7, 11) is 0. The van der Waals surface area contributed by atoms with E-state index in [-0.39, 0.29) is 19.0 Å². The van der Waals surface area contributed by atoms with Crippen molar-refractivity contribution >= 4 is 5.97 Å². The van der Waals surface area contributed by atoms with Gasteiger partial charge in [0.1, 0.15) is 24.8 Å². The first-order valence-corrected chi connectivity index (χ1v) is 12.5. The molecule has 188 valence electrons. The SMILES string of the molecule is C=C(C)C(=O)OCCOc1ccc(-c2ccc(-c3ccc(-c4ccc(CCC)cc4)cc3)cc2F)cc1. The maximum atomic E-state index is 15.1. The lowest BCUT2D eigenvalue weighted by Gasteiger charge is -2.10. The van der Waals surface area contributed by atoms with Gasteiger partial charge in [0.05, 0.1) is 0 Å². The van der Waals surface area contributed by atoms with Crippen LogP contribution in [-0.4, -0.2) is 19.2 Å². The minimum atomic E-state index is -0.439. The fourth-order valence-corrected chi connectivity index (χ4v) is 4.08. The van der Waals surface area contributed by atoms with Crippen LogP contribution in [0.15, 0.2) is 103 Å². The third-order valence-electron chi connectivity index (χ3n) is 6.11. The van der Waals surface area contributed by atoms with Crippen molar-refractivity contribution in [2.45, 2.75) is 26.7 Å². The van der Waals surface area contributed by atoms with E-state index in [1.807, 2.05) is 30.3 Å². The van der Waals surface area contributed by atoms with Crippen molar-refractivity contribution in [1.29, 1.82) is 0 Å². The first-order chi connectivity index (χ1) is 17.9. The fraction of sp³-hybridized carbons (Fsp3) is 0.182. The summed E-state index contributed by atoms with van der Waals surface area (Å²) in [4.78, 5) is 11.4. The predicted octanol–water partition coefficient (Wildman–Crippen LogP) is 8.28. The molecular weight excluding hydrogens is 463 g/mol. The number of hydrogen-bond acceptors (Lipinski definition) is 3. The molecule has 4 aromatic rings. The molecule has 0 aliphatic carbocycles. The zero-order valence-electron chi connectivity index (χ0n) is 21.3. The zero-order valence-corrected chi connectivity index (χ0v) is 21.3. The van der Waals surface area contributed by atoms with E-state index in [1.54, 1.807) is 31.2 Å². The van der Waals surface area contributed by atoms with Crippen molar-refractivity contribution in [2.24, 2.45) is 0 Å². The van der Waals surface area contributed by atoms with E-state index in [0.717, 1.165) is 35.1 Å². The Morgan fingerprint density at radius 2 is 1.30 bits per heavy atom. The standard InChI is InChI=1S/C33H31FO3/c1-4-5-24-6-8-25(9-7-24)26-10-12-27(13-11-26)29-16-19-31(32(34)22-29)28-14-17-30(18-15-28)36-20-21-37-33(35)23(2)3/h6-19,22H,2,4-5,20-21H2,1,3H3. The smallest absolute Gasteiger partial charge is 0.333 e. The summed E-state index contributed by atoms with van der Waals surface area (Å²) in [6.45, 7) is 7.68. The third kappa shape index (κ3) is 6.73. The maximum absolute atomic E-state index is 15.1. The Balaban J connectivity index is 1.40. The van der Waals surface area contributed by atoms with E-state index in [2.05, 4.69) is 49.9 Å². The Labute approximate surface area is 218 Å². The van der Waals surface area contributed by atoms with Crippen molar-refractivity contribution in [3.8, 4) is 39.1 Å². The number of ether oxygens (including phenoxy) is 2. The number of esters is 1. The summed E-state index contributed by atoms with van der Waals surface area (Å²) >= 11 is 0. The second kappa shape index (κ2) is 12.2. The van der Waals surface area contributed by atoms with Crippen LogP contribution in [0, 0.1) is 5.82 Å². The van der Waals surface area contributed by atoms with Crippen LogP contribution in [0.25, 0.3) is 33.4 Å². The average molecular weight is 495 g/mol. The number of carbonyl (C=O) groups is 1. The molecule has 4 aromatic carbocycles. The second-order valence-corrected chi connectivity index (χ2v) is 9.01. The molecule has 0 bridgehead atoms. The molecular formula is C33H31FO3. The van der Waals surface area contributed by atoms with Crippen molar-refractivity contribution in [2.75, 3.05) is 13.2 Å². The molecule has 0 radical (unpaired) electrons. The highest BCUT2D eigenvalue weighted by atomic mass is 19.1. The highest BCUT2D eigenvalue weighted by Crippen LogP contribution is 2.30. The Morgan fingerprint density at radius 1 is 0.757 bits per heavy atom. The number of benzene rings is 4. The number of carbonyl (C=O) groups excluding carboxylic acids is 1. The van der Waals surface area contributed by atoms with Crippen LogP contribution in [0.3, 0.4) is 0 Å². The van der Waals surface area contributed by atoms with Gasteiger partial charge >= 0.3 is 5.97 Å². The van der Waals surface area contributed by atoms with Gasteiger partial charge in [-0.3, -0.25) is 0 Å². The quantitative estimate of drug-likeness (QED) is 0.126. The van der Waals surface area contributed by atoms with Crippen molar-refractivity contribution in [1.82, 2.24) is 0 Å². The highest BCUT2D eigenvalue weighted by Gasteiger charge is 2.09. The van der Waals surface area contributed by atoms with Crippen molar-refractivity contribution in [3.63, 3.8) is 0 Å². The number of halogens is 1. The van der Waals surface area contributed by atoms with Gasteiger partial charge in [0.15, 0.2) is 0 Å². The van der Waals surface area contributed by atoms with Crippen LogP contribution in [0.4, 0.5) is 4.39 Å². The van der Waals surface area contributed by atoms with Crippen LogP contribution >= 0.6 is 0 Å². The summed E-state index contributed by atoms with van der Waals surface area (Å²) in [5.41, 5.74) is 7.09. The second-order valence-electron chi connectivity index (χ2n) is 9.01. The number of aryl methyl sites for hydroxylation is 1. The summed E-state index contributed by atoms with van der Waals surface area (Å²) in [5, 5.41) is 0. The molecule has 37 heavy (non-hydrogen) atoms. The van der Waals surface area contributed by atoms with Gasteiger partial charge in [0.25, 0.3) is 0 Å². The van der Waals surface area contributed by atoms with Crippen molar-refractivity contribution < 1.29 is 18.7 Å². The fourth-order valence-electron chi connectivity index (χ4n) is 4.08. The minimum Gasteiger partial charge on any atom is -0.490 e. The van der Waals surface area contributed by atoms with E-state index in [9.17, 15) is 4.79 Å². The normalized spacial score (nSPS) is 10.7. The van der Waals surface area contributed by atoms with Gasteiger partial charge in [-0.05, 0) is 64.9 Å². The molecule has 4 heteroatoms. The molecule has 0 unspecified atom stereocenters. The third-order valence-corrected chi connectivity index (χ3v) is 6.11. The van der Waals surface area contributed by atoms with E-state index in [4.69, 9.17) is 9.47 Å². The van der Waals surface area contributed by atoms with E-state index in [0.29, 0.717) is 16.9 Å². The lowest BCUT2D eigenvalue weighted by Crippen LogP contribution is -2.12. The average Bonchev–Trinajstić information content (AvgIpc) is 2.92. The molecule has 0 saturated carbocycles. The molecule has 0 N–H and O–H groups in total. The first-order valence-electron chi connectivity index (χ1n) is 12.5. The van der Waals surface area contributed by atoms with Crippen LogP contribution in [0.1, 0.15) is 25.8 Å². The summed E-state index contributed by atoms with van der Waals surface area (Å²) in [5.74, 6) is -0.105. The van der Waals surface area contributed by atoms with Gasteiger partial charge in [-0.25, -0.2) is 9.18 Å². The van der Waals surface area contributed by atoms with E-state index >= 15 is 4.39 Å². The molecule has 0 aliphatic heterocycles. The lowest BCUT2D eigenvalue weighted by atomic mass is 9.97. The molecule has 0 atom stereocenters. The van der Waals surface area contributed by atoms with E-state index in [1.165, 1.54) is 11.1 Å². The van der Waals surface area contributed by atoms with Gasteiger partial charge in [0, 0.05) is 11.1 Å². The molecule has 0 aliphatic rings. The van der Waals surface area contributed by atoms with Crippen LogP contribution < -0.4 is 4.74 Å². The summed E-state index contributed by atoms with van der Waals surface area (Å²) in [6, 6.07) is 29.4. The van der Waals surface area contributed by atoms with Gasteiger partial charge in [-0.2, -0.15) is 0 Å². The molecule has 0 amide bonds. The molecule has 0 saturated heterocycles. The molecule has 3 nitrogen and oxygen atoms in total. The minimum absolute atomic E-state index is 0.135. The Kier molecular flexibility index (Phi) is 8.52. The Morgan fingerprint density at radius 3 is 1.86 bits per heavy atom. The topological polar surface area (TPSA) is 35.5 Å². The molecule has 4 rings (SSSR count). The number of rotatable bonds is 10. The highest BCUT2D eigenvalue weighted by molar-refractivity contribution is 5.86. The van der Waals surface area contributed by atoms with Crippen molar-refractivity contribution in [3.05, 3.63) is 115 Å². The van der Waals surface area contributed by atoms with E-state index < -0.39 is 5.97 Å². The Bertz CT molecular complexity index is 1350.